The molecule has 0 aliphatic rings. The minimum absolute atomic E-state index is 0.0418. The molecule has 0 fully saturated rings. The zero-order valence-electron chi connectivity index (χ0n) is 7.04. The lowest BCUT2D eigenvalue weighted by molar-refractivity contribution is 0.0697. The van der Waals surface area contributed by atoms with Gasteiger partial charge in [0.25, 0.3) is 0 Å². The number of rotatable bonds is 3. The number of carboxylic acids is 1. The largest absolute Gasteiger partial charge is 0.490 e. The first kappa shape index (κ1) is 10.4. The Morgan fingerprint density at radius 2 is 2.00 bits per heavy atom. The molecule has 0 amide bonds. The Kier molecular flexibility index (Phi) is 3.01. The molecule has 0 saturated carbocycles. The highest BCUT2D eigenvalue weighted by Crippen LogP contribution is 2.01. The van der Waals surface area contributed by atoms with E-state index in [1.807, 2.05) is 0 Å². The fraction of sp³-hybridized carbons (Fsp3) is 0. The highest BCUT2D eigenvalue weighted by atomic mass is 16.4. The summed E-state index contributed by atoms with van der Waals surface area (Å²) in [7, 11) is -1.97. The van der Waals surface area contributed by atoms with E-state index in [1.165, 1.54) is 18.2 Å². The van der Waals surface area contributed by atoms with Crippen LogP contribution in [0.5, 0.6) is 0 Å². The lowest BCUT2D eigenvalue weighted by atomic mass is 9.74. The second kappa shape index (κ2) is 4.04. The van der Waals surface area contributed by atoms with Gasteiger partial charge in [-0.15, -0.1) is 0 Å². The first-order valence-electron chi connectivity index (χ1n) is 3.75. The van der Waals surface area contributed by atoms with Gasteiger partial charge in [0.05, 0.1) is 5.56 Å². The van der Waals surface area contributed by atoms with Crippen LogP contribution < -0.4 is 5.46 Å². The van der Waals surface area contributed by atoms with Crippen LogP contribution in [0.25, 0.3) is 0 Å². The Hall–Kier alpha value is -1.66. The van der Waals surface area contributed by atoms with Crippen molar-refractivity contribution in [3.63, 3.8) is 0 Å². The monoisotopic (exact) mass is 194 g/mol. The SMILES string of the molecule is O=Cc1cccc(C(=O)O)c1B(O)O. The molecular formula is C8H7BO5. The van der Waals surface area contributed by atoms with Crippen LogP contribution >= 0.6 is 0 Å². The first-order chi connectivity index (χ1) is 6.57. The third-order valence-electron chi connectivity index (χ3n) is 1.76. The summed E-state index contributed by atoms with van der Waals surface area (Å²) in [5.74, 6) is -1.31. The summed E-state index contributed by atoms with van der Waals surface area (Å²) in [6, 6.07) is 3.87. The molecule has 0 spiro atoms. The minimum Gasteiger partial charge on any atom is -0.478 e. The molecule has 0 aromatic heterocycles. The van der Waals surface area contributed by atoms with Gasteiger partial charge in [-0.25, -0.2) is 4.79 Å². The van der Waals surface area contributed by atoms with Gasteiger partial charge in [0.1, 0.15) is 6.29 Å². The van der Waals surface area contributed by atoms with Crippen molar-refractivity contribution in [3.8, 4) is 0 Å². The third-order valence-corrected chi connectivity index (χ3v) is 1.76. The van der Waals surface area contributed by atoms with E-state index in [2.05, 4.69) is 0 Å². The number of hydrogen-bond donors (Lipinski definition) is 3. The fourth-order valence-electron chi connectivity index (χ4n) is 1.16. The van der Waals surface area contributed by atoms with Crippen LogP contribution in [-0.2, 0) is 0 Å². The van der Waals surface area contributed by atoms with Crippen molar-refractivity contribution >= 4 is 24.8 Å². The van der Waals surface area contributed by atoms with Crippen molar-refractivity contribution in [2.75, 3.05) is 0 Å². The molecule has 1 aromatic rings. The van der Waals surface area contributed by atoms with E-state index in [-0.39, 0.29) is 16.6 Å². The molecule has 6 heteroatoms. The molecule has 0 saturated heterocycles. The smallest absolute Gasteiger partial charge is 0.478 e. The van der Waals surface area contributed by atoms with Crippen LogP contribution in [-0.4, -0.2) is 34.5 Å². The highest BCUT2D eigenvalue weighted by molar-refractivity contribution is 6.61. The lowest BCUT2D eigenvalue weighted by Crippen LogP contribution is -2.37. The Balaban J connectivity index is 3.43. The van der Waals surface area contributed by atoms with Gasteiger partial charge < -0.3 is 15.2 Å². The molecule has 1 aromatic carbocycles. The molecule has 0 bridgehead atoms. The van der Waals surface area contributed by atoms with E-state index in [9.17, 15) is 9.59 Å². The molecular weight excluding hydrogens is 187 g/mol. The summed E-state index contributed by atoms with van der Waals surface area (Å²) < 4.78 is 0. The van der Waals surface area contributed by atoms with E-state index in [1.54, 1.807) is 0 Å². The van der Waals surface area contributed by atoms with Crippen molar-refractivity contribution in [1.82, 2.24) is 0 Å². The zero-order chi connectivity index (χ0) is 10.7. The number of benzene rings is 1. The maximum absolute atomic E-state index is 10.7. The van der Waals surface area contributed by atoms with Crippen LogP contribution in [0.4, 0.5) is 0 Å². The van der Waals surface area contributed by atoms with Crippen molar-refractivity contribution in [2.24, 2.45) is 0 Å². The van der Waals surface area contributed by atoms with Crippen molar-refractivity contribution in [1.29, 1.82) is 0 Å². The third kappa shape index (κ3) is 1.81. The van der Waals surface area contributed by atoms with Gasteiger partial charge in [-0.1, -0.05) is 12.1 Å². The van der Waals surface area contributed by atoms with Gasteiger partial charge in [-0.2, -0.15) is 0 Å². The van der Waals surface area contributed by atoms with Crippen molar-refractivity contribution in [3.05, 3.63) is 29.3 Å². The summed E-state index contributed by atoms with van der Waals surface area (Å²) in [4.78, 5) is 21.1. The van der Waals surface area contributed by atoms with Crippen LogP contribution in [0.15, 0.2) is 18.2 Å². The van der Waals surface area contributed by atoms with E-state index in [4.69, 9.17) is 15.2 Å². The van der Waals surface area contributed by atoms with E-state index < -0.39 is 13.1 Å². The average molecular weight is 194 g/mol. The zero-order valence-corrected chi connectivity index (χ0v) is 7.04. The minimum atomic E-state index is -1.97. The molecule has 72 valence electrons. The van der Waals surface area contributed by atoms with Crippen LogP contribution in [0, 0.1) is 0 Å². The van der Waals surface area contributed by atoms with Crippen molar-refractivity contribution in [2.45, 2.75) is 0 Å². The molecule has 14 heavy (non-hydrogen) atoms. The number of carboxylic acid groups (broad SMARTS) is 1. The molecule has 3 N–H and O–H groups in total. The topological polar surface area (TPSA) is 94.8 Å². The van der Waals surface area contributed by atoms with Crippen LogP contribution in [0.1, 0.15) is 20.7 Å². The lowest BCUT2D eigenvalue weighted by Gasteiger charge is -2.06. The van der Waals surface area contributed by atoms with E-state index >= 15 is 0 Å². The van der Waals surface area contributed by atoms with Crippen molar-refractivity contribution < 1.29 is 24.7 Å². The second-order valence-corrected chi connectivity index (χ2v) is 2.61. The highest BCUT2D eigenvalue weighted by Gasteiger charge is 2.23. The van der Waals surface area contributed by atoms with E-state index in [0.29, 0.717) is 6.29 Å². The first-order valence-corrected chi connectivity index (χ1v) is 3.75. The van der Waals surface area contributed by atoms with Gasteiger partial charge in [0.2, 0.25) is 0 Å². The summed E-state index contributed by atoms with van der Waals surface area (Å²) in [6.07, 6.45) is 0.376. The predicted molar refractivity (Wildman–Crippen MR) is 48.6 cm³/mol. The number of carbonyl (C=O) groups is 2. The second-order valence-electron chi connectivity index (χ2n) is 2.61. The summed E-state index contributed by atoms with van der Waals surface area (Å²) in [5.41, 5.74) is -0.612. The Morgan fingerprint density at radius 1 is 1.36 bits per heavy atom. The van der Waals surface area contributed by atoms with Gasteiger partial charge in [-0.3, -0.25) is 4.79 Å². The van der Waals surface area contributed by atoms with Gasteiger partial charge in [0, 0.05) is 11.0 Å². The maximum Gasteiger partial charge on any atom is 0.490 e. The van der Waals surface area contributed by atoms with Crippen LogP contribution in [0.3, 0.4) is 0 Å². The predicted octanol–water partition coefficient (Wildman–Crippen LogP) is -1.12. The van der Waals surface area contributed by atoms with Gasteiger partial charge in [0.15, 0.2) is 0 Å². The Morgan fingerprint density at radius 3 is 2.43 bits per heavy atom. The van der Waals surface area contributed by atoms with E-state index in [0.717, 1.165) is 0 Å². The molecule has 0 radical (unpaired) electrons. The number of carbonyl (C=O) groups excluding carboxylic acids is 1. The molecule has 1 rings (SSSR count). The maximum atomic E-state index is 10.7. The summed E-state index contributed by atoms with van der Waals surface area (Å²) in [5, 5.41) is 26.5. The average Bonchev–Trinajstić information content (AvgIpc) is 2.16. The standard InChI is InChI=1S/C8H7BO5/c10-4-5-2-1-3-6(8(11)12)7(5)9(13)14/h1-4,13-14H,(H,11,12). The Labute approximate surface area is 79.8 Å². The van der Waals surface area contributed by atoms with Crippen LogP contribution in [0.2, 0.25) is 0 Å². The van der Waals surface area contributed by atoms with Gasteiger partial charge in [-0.05, 0) is 6.07 Å². The number of hydrogen-bond acceptors (Lipinski definition) is 4. The molecule has 0 atom stereocenters. The van der Waals surface area contributed by atoms with Gasteiger partial charge >= 0.3 is 13.1 Å². The molecule has 5 nitrogen and oxygen atoms in total. The normalized spacial score (nSPS) is 9.57. The Bertz CT molecular complexity index is 374. The number of aldehydes is 1. The molecule has 0 heterocycles. The molecule has 0 aliphatic heterocycles. The quantitative estimate of drug-likeness (QED) is 0.418. The number of aromatic carboxylic acids is 1. The fourth-order valence-corrected chi connectivity index (χ4v) is 1.16. The molecule has 0 unspecified atom stereocenters. The summed E-state index contributed by atoms with van der Waals surface area (Å²) in [6.45, 7) is 0. The summed E-state index contributed by atoms with van der Waals surface area (Å²) >= 11 is 0. The molecule has 0 aliphatic carbocycles.